The molecule has 0 aliphatic rings. The summed E-state index contributed by atoms with van der Waals surface area (Å²) in [6, 6.07) is 0.198. The number of nitrogens with zero attached hydrogens (tertiary/aromatic N) is 8. The van der Waals surface area contributed by atoms with Crippen molar-refractivity contribution in [3.8, 4) is 0 Å². The highest BCUT2D eigenvalue weighted by Gasteiger charge is 2.16. The van der Waals surface area contributed by atoms with Crippen molar-refractivity contribution in [2.75, 3.05) is 10.6 Å². The minimum atomic E-state index is 0.198. The molecule has 0 saturated heterocycles. The lowest BCUT2D eigenvalue weighted by atomic mass is 10.4. The monoisotopic (exact) mass is 348 g/mol. The molecule has 0 aromatic carbocycles. The molecule has 26 heavy (non-hydrogen) atoms. The highest BCUT2D eigenvalue weighted by molar-refractivity contribution is 5.86. The van der Waals surface area contributed by atoms with Crippen LogP contribution in [0.4, 0.5) is 23.4 Å². The summed E-state index contributed by atoms with van der Waals surface area (Å²) in [6.07, 6.45) is 11.4. The second-order valence-corrected chi connectivity index (χ2v) is 5.74. The van der Waals surface area contributed by atoms with E-state index in [0.717, 1.165) is 0 Å². The van der Waals surface area contributed by atoms with Crippen molar-refractivity contribution >= 4 is 34.6 Å². The lowest BCUT2D eigenvalue weighted by Gasteiger charge is -2.11. The lowest BCUT2D eigenvalue weighted by Crippen LogP contribution is -2.06. The number of hydrogen-bond donors (Lipinski definition) is 2. The average molecular weight is 348 g/mol. The maximum atomic E-state index is 4.59. The third kappa shape index (κ3) is 3.11. The highest BCUT2D eigenvalue weighted by atomic mass is 15.2. The fourth-order valence-corrected chi connectivity index (χ4v) is 2.40. The fraction of sp³-hybridized carbons (Fsp3) is 0.188. The summed E-state index contributed by atoms with van der Waals surface area (Å²) in [6.45, 7) is 4.13. The van der Waals surface area contributed by atoms with Gasteiger partial charge in [-0.2, -0.15) is 9.97 Å². The number of anilines is 4. The van der Waals surface area contributed by atoms with Crippen LogP contribution in [0.2, 0.25) is 0 Å². The van der Waals surface area contributed by atoms with Crippen molar-refractivity contribution in [1.29, 1.82) is 0 Å². The van der Waals surface area contributed by atoms with Crippen LogP contribution in [0.5, 0.6) is 0 Å². The Morgan fingerprint density at radius 1 is 0.846 bits per heavy atom. The smallest absolute Gasteiger partial charge is 0.232 e. The first kappa shape index (κ1) is 15.8. The van der Waals surface area contributed by atoms with Crippen LogP contribution in [0.1, 0.15) is 19.9 Å². The molecule has 0 unspecified atom stereocenters. The standard InChI is InChI=1S/C16H16N10/c1-10(2)26-9-21-13-14(22-11-7-17-3-5-19-11)24-16(25-15(13)26)23-12-8-18-4-6-20-12/h3-10H,1-2H3,(H2,19,20,22,23,24,25). The first-order valence-corrected chi connectivity index (χ1v) is 8.01. The Kier molecular flexibility index (Phi) is 4.06. The zero-order chi connectivity index (χ0) is 17.9. The molecule has 4 aromatic heterocycles. The molecular weight excluding hydrogens is 332 g/mol. The van der Waals surface area contributed by atoms with E-state index in [0.29, 0.717) is 34.6 Å². The third-order valence-corrected chi connectivity index (χ3v) is 3.59. The van der Waals surface area contributed by atoms with Gasteiger partial charge in [-0.1, -0.05) is 0 Å². The number of hydrogen-bond acceptors (Lipinski definition) is 9. The molecule has 2 N–H and O–H groups in total. The molecule has 0 aliphatic heterocycles. The van der Waals surface area contributed by atoms with E-state index in [1.54, 1.807) is 43.5 Å². The second kappa shape index (κ2) is 6.67. The van der Waals surface area contributed by atoms with Crippen molar-refractivity contribution in [2.24, 2.45) is 0 Å². The van der Waals surface area contributed by atoms with E-state index in [-0.39, 0.29) is 6.04 Å². The van der Waals surface area contributed by atoms with Gasteiger partial charge in [0.05, 0.1) is 18.7 Å². The van der Waals surface area contributed by atoms with Crippen molar-refractivity contribution in [3.63, 3.8) is 0 Å². The maximum Gasteiger partial charge on any atom is 0.232 e. The Morgan fingerprint density at radius 2 is 1.54 bits per heavy atom. The molecule has 130 valence electrons. The van der Waals surface area contributed by atoms with Gasteiger partial charge in [-0.05, 0) is 13.8 Å². The fourth-order valence-electron chi connectivity index (χ4n) is 2.40. The van der Waals surface area contributed by atoms with Crippen molar-refractivity contribution in [2.45, 2.75) is 19.9 Å². The van der Waals surface area contributed by atoms with E-state index in [4.69, 9.17) is 0 Å². The first-order chi connectivity index (χ1) is 12.7. The minimum Gasteiger partial charge on any atom is -0.322 e. The zero-order valence-corrected chi connectivity index (χ0v) is 14.2. The van der Waals surface area contributed by atoms with Gasteiger partial charge in [-0.3, -0.25) is 9.97 Å². The topological polar surface area (TPSA) is 119 Å². The summed E-state index contributed by atoms with van der Waals surface area (Å²) in [5, 5.41) is 6.21. The third-order valence-electron chi connectivity index (χ3n) is 3.59. The maximum absolute atomic E-state index is 4.59. The molecule has 0 saturated carbocycles. The van der Waals surface area contributed by atoms with Crippen LogP contribution in [-0.4, -0.2) is 39.5 Å². The molecule has 0 amide bonds. The quantitative estimate of drug-likeness (QED) is 0.560. The molecule has 10 nitrogen and oxygen atoms in total. The van der Waals surface area contributed by atoms with E-state index in [2.05, 4.69) is 59.4 Å². The number of nitrogens with one attached hydrogen (secondary N) is 2. The van der Waals surface area contributed by atoms with Crippen molar-refractivity contribution in [3.05, 3.63) is 43.5 Å². The largest absolute Gasteiger partial charge is 0.322 e. The van der Waals surface area contributed by atoms with Gasteiger partial charge in [0.1, 0.15) is 5.82 Å². The summed E-state index contributed by atoms with van der Waals surface area (Å²) in [5.74, 6) is 2.03. The summed E-state index contributed by atoms with van der Waals surface area (Å²) < 4.78 is 1.97. The van der Waals surface area contributed by atoms with Gasteiger partial charge < -0.3 is 15.2 Å². The number of imidazole rings is 1. The molecule has 4 aromatic rings. The van der Waals surface area contributed by atoms with E-state index >= 15 is 0 Å². The Labute approximate surface area is 148 Å². The van der Waals surface area contributed by atoms with Gasteiger partial charge in [0.2, 0.25) is 5.95 Å². The normalized spacial score (nSPS) is 11.0. The Balaban J connectivity index is 1.80. The van der Waals surface area contributed by atoms with Crippen LogP contribution < -0.4 is 10.6 Å². The molecular formula is C16H16N10. The van der Waals surface area contributed by atoms with E-state index in [1.807, 2.05) is 4.57 Å². The van der Waals surface area contributed by atoms with Crippen LogP contribution in [0.25, 0.3) is 11.2 Å². The summed E-state index contributed by atoms with van der Waals surface area (Å²) in [4.78, 5) is 30.1. The summed E-state index contributed by atoms with van der Waals surface area (Å²) in [5.41, 5.74) is 1.35. The minimum absolute atomic E-state index is 0.198. The van der Waals surface area contributed by atoms with Crippen LogP contribution in [0, 0.1) is 0 Å². The summed E-state index contributed by atoms with van der Waals surface area (Å²) >= 11 is 0. The molecule has 0 bridgehead atoms. The average Bonchev–Trinajstić information content (AvgIpc) is 3.08. The van der Waals surface area contributed by atoms with Gasteiger partial charge in [-0.15, -0.1) is 0 Å². The molecule has 0 spiro atoms. The van der Waals surface area contributed by atoms with Gasteiger partial charge >= 0.3 is 0 Å². The molecule has 4 rings (SSSR count). The number of rotatable bonds is 5. The van der Waals surface area contributed by atoms with Crippen molar-refractivity contribution < 1.29 is 0 Å². The lowest BCUT2D eigenvalue weighted by molar-refractivity contribution is 0.613. The Morgan fingerprint density at radius 3 is 2.15 bits per heavy atom. The first-order valence-electron chi connectivity index (χ1n) is 8.01. The van der Waals surface area contributed by atoms with Crippen LogP contribution in [0.15, 0.2) is 43.5 Å². The number of aromatic nitrogens is 8. The van der Waals surface area contributed by atoms with E-state index < -0.39 is 0 Å². The predicted molar refractivity (Wildman–Crippen MR) is 96.3 cm³/mol. The highest BCUT2D eigenvalue weighted by Crippen LogP contribution is 2.25. The zero-order valence-electron chi connectivity index (χ0n) is 14.2. The second-order valence-electron chi connectivity index (χ2n) is 5.74. The molecule has 0 radical (unpaired) electrons. The van der Waals surface area contributed by atoms with Gasteiger partial charge in [0.15, 0.2) is 22.8 Å². The molecule has 0 aliphatic carbocycles. The van der Waals surface area contributed by atoms with Crippen molar-refractivity contribution in [1.82, 2.24) is 39.5 Å². The predicted octanol–water partition coefficient (Wildman–Crippen LogP) is 2.47. The molecule has 0 atom stereocenters. The van der Waals surface area contributed by atoms with E-state index in [9.17, 15) is 0 Å². The van der Waals surface area contributed by atoms with Gasteiger partial charge in [0, 0.05) is 30.8 Å². The molecule has 4 heterocycles. The SMILES string of the molecule is CC(C)n1cnc2c(Nc3cnccn3)nc(Nc3cnccn3)nc21. The van der Waals surface area contributed by atoms with Crippen LogP contribution >= 0.6 is 0 Å². The number of fused-ring (bicyclic) bond motifs is 1. The molecule has 10 heteroatoms. The van der Waals surface area contributed by atoms with Crippen LogP contribution in [-0.2, 0) is 0 Å². The Bertz CT molecular complexity index is 1010. The van der Waals surface area contributed by atoms with E-state index in [1.165, 1.54) is 0 Å². The van der Waals surface area contributed by atoms with Crippen LogP contribution in [0.3, 0.4) is 0 Å². The van der Waals surface area contributed by atoms with Gasteiger partial charge in [0.25, 0.3) is 0 Å². The summed E-state index contributed by atoms with van der Waals surface area (Å²) in [7, 11) is 0. The molecule has 0 fully saturated rings. The van der Waals surface area contributed by atoms with Gasteiger partial charge in [-0.25, -0.2) is 15.0 Å². The Hall–Kier alpha value is -3.69.